The zero-order valence-electron chi connectivity index (χ0n) is 25.1. The second-order valence-corrected chi connectivity index (χ2v) is 13.3. The van der Waals surface area contributed by atoms with Crippen LogP contribution in [-0.2, 0) is 19.2 Å². The van der Waals surface area contributed by atoms with E-state index in [-0.39, 0.29) is 35.6 Å². The van der Waals surface area contributed by atoms with Crippen LogP contribution in [-0.4, -0.2) is 71.2 Å². The molecule has 0 aromatic carbocycles. The molecule has 1 aliphatic heterocycles. The minimum absolute atomic E-state index is 0.0106. The summed E-state index contributed by atoms with van der Waals surface area (Å²) in [5, 5.41) is 11.2. The van der Waals surface area contributed by atoms with Gasteiger partial charge in [-0.15, -0.1) is 6.58 Å². The van der Waals surface area contributed by atoms with Gasteiger partial charge in [0.25, 0.3) is 5.91 Å². The number of carbonyl (C=O) groups is 5. The third-order valence-electron chi connectivity index (χ3n) is 8.76. The van der Waals surface area contributed by atoms with E-state index in [1.807, 2.05) is 27.7 Å². The molecular formula is C30H49N5O5. The van der Waals surface area contributed by atoms with Gasteiger partial charge in [0.05, 0.1) is 6.04 Å². The number of nitrogens with zero attached hydrogens (tertiary/aromatic N) is 1. The van der Waals surface area contributed by atoms with Crippen molar-refractivity contribution in [1.29, 1.82) is 0 Å². The summed E-state index contributed by atoms with van der Waals surface area (Å²) in [5.41, 5.74) is -0.591. The first-order valence-corrected chi connectivity index (χ1v) is 14.8. The first kappa shape index (κ1) is 31.6. The molecule has 0 spiro atoms. The average Bonchev–Trinajstić information content (AvgIpc) is 3.21. The number of amides is 5. The number of Topliss-reactive ketones (excluding diaryl/α,β-unsaturated/α-hetero) is 1. The first-order chi connectivity index (χ1) is 18.7. The molecule has 3 rings (SSSR count). The minimum Gasteiger partial charge on any atom is -0.346 e. The lowest BCUT2D eigenvalue weighted by Crippen LogP contribution is -2.61. The van der Waals surface area contributed by atoms with Gasteiger partial charge >= 0.3 is 6.03 Å². The SMILES string of the molecule is C=CCNC(=O)C(=O)[C@H](CCC)NC(=O)[C@@H]1[C@@H]2[C@H](CN1C(=O)[C@@H](NC(=O)NC(C)(C)C)C1CCCCC1)C2(C)C. The lowest BCUT2D eigenvalue weighted by Gasteiger charge is -2.37. The Hall–Kier alpha value is -2.91. The van der Waals surface area contributed by atoms with E-state index in [9.17, 15) is 24.0 Å². The summed E-state index contributed by atoms with van der Waals surface area (Å²) in [6.07, 6.45) is 7.14. The van der Waals surface area contributed by atoms with Gasteiger partial charge in [-0.05, 0) is 63.2 Å². The molecule has 4 N–H and O–H groups in total. The molecule has 0 aromatic rings. The van der Waals surface area contributed by atoms with Gasteiger partial charge in [-0.3, -0.25) is 19.2 Å². The Kier molecular flexibility index (Phi) is 10.1. The maximum Gasteiger partial charge on any atom is 0.315 e. The van der Waals surface area contributed by atoms with E-state index < -0.39 is 47.3 Å². The predicted octanol–water partition coefficient (Wildman–Crippen LogP) is 2.67. The van der Waals surface area contributed by atoms with Gasteiger partial charge in [0.1, 0.15) is 12.1 Å². The molecule has 2 aliphatic carbocycles. The third-order valence-corrected chi connectivity index (χ3v) is 8.76. The summed E-state index contributed by atoms with van der Waals surface area (Å²) in [6, 6.07) is -2.89. The first-order valence-electron chi connectivity index (χ1n) is 14.8. The van der Waals surface area contributed by atoms with Gasteiger partial charge in [-0.1, -0.05) is 52.5 Å². The topological polar surface area (TPSA) is 137 Å². The number of rotatable bonds is 11. The molecule has 3 fully saturated rings. The maximum atomic E-state index is 14.2. The monoisotopic (exact) mass is 559 g/mol. The standard InChI is InChI=1S/C30H49N5O5/c1-8-13-20(24(36)26(38)31-16-9-2)32-25(37)23-21-19(30(21,6)7)17-35(23)27(39)22(18-14-11-10-12-15-18)33-28(40)34-29(3,4)5/h9,18-23H,2,8,10-17H2,1,3-7H3,(H,31,38)(H,32,37)(H2,33,34,40)/t19-,20-,21-,22-,23-/m0/s1. The molecule has 10 heteroatoms. The van der Waals surface area contributed by atoms with E-state index >= 15 is 0 Å². The van der Waals surface area contributed by atoms with Crippen LogP contribution in [0, 0.1) is 23.2 Å². The second-order valence-electron chi connectivity index (χ2n) is 13.3. The van der Waals surface area contributed by atoms with E-state index in [0.29, 0.717) is 19.4 Å². The van der Waals surface area contributed by atoms with Crippen LogP contribution in [0.2, 0.25) is 0 Å². The summed E-state index contributed by atoms with van der Waals surface area (Å²) >= 11 is 0. The molecule has 1 heterocycles. The highest BCUT2D eigenvalue weighted by atomic mass is 16.2. The van der Waals surface area contributed by atoms with Crippen molar-refractivity contribution < 1.29 is 24.0 Å². The van der Waals surface area contributed by atoms with Crippen LogP contribution in [0.1, 0.15) is 86.5 Å². The predicted molar refractivity (Wildman–Crippen MR) is 153 cm³/mol. The van der Waals surface area contributed by atoms with Crippen LogP contribution in [0.5, 0.6) is 0 Å². The summed E-state index contributed by atoms with van der Waals surface area (Å²) in [4.78, 5) is 67.8. The van der Waals surface area contributed by atoms with Gasteiger partial charge in [-0.25, -0.2) is 4.79 Å². The molecule has 224 valence electrons. The van der Waals surface area contributed by atoms with Gasteiger partial charge in [0, 0.05) is 18.6 Å². The Morgan fingerprint density at radius 3 is 2.27 bits per heavy atom. The normalized spacial score (nSPS) is 25.1. The highest BCUT2D eigenvalue weighted by Gasteiger charge is 2.69. The van der Waals surface area contributed by atoms with Crippen LogP contribution in [0.4, 0.5) is 4.79 Å². The molecule has 0 aromatic heterocycles. The van der Waals surface area contributed by atoms with E-state index in [0.717, 1.165) is 32.1 Å². The maximum absolute atomic E-state index is 14.2. The molecule has 10 nitrogen and oxygen atoms in total. The van der Waals surface area contributed by atoms with Crippen molar-refractivity contribution in [2.24, 2.45) is 23.2 Å². The van der Waals surface area contributed by atoms with Crippen molar-refractivity contribution in [2.45, 2.75) is 110 Å². The zero-order valence-corrected chi connectivity index (χ0v) is 25.1. The van der Waals surface area contributed by atoms with Crippen LogP contribution in [0.15, 0.2) is 12.7 Å². The van der Waals surface area contributed by atoms with Gasteiger partial charge in [-0.2, -0.15) is 0 Å². The molecule has 5 atom stereocenters. The highest BCUT2D eigenvalue weighted by molar-refractivity contribution is 6.38. The number of likely N-dealkylation sites (tertiary alicyclic amines) is 1. The summed E-state index contributed by atoms with van der Waals surface area (Å²) < 4.78 is 0. The quantitative estimate of drug-likeness (QED) is 0.228. The number of urea groups is 1. The molecular weight excluding hydrogens is 510 g/mol. The van der Waals surface area contributed by atoms with Crippen molar-refractivity contribution in [3.63, 3.8) is 0 Å². The Labute approximate surface area is 238 Å². The molecule has 40 heavy (non-hydrogen) atoms. The number of fused-ring (bicyclic) bond motifs is 1. The summed E-state index contributed by atoms with van der Waals surface area (Å²) in [7, 11) is 0. The number of hydrogen-bond acceptors (Lipinski definition) is 5. The van der Waals surface area contributed by atoms with Crippen LogP contribution in [0.3, 0.4) is 0 Å². The van der Waals surface area contributed by atoms with Crippen LogP contribution >= 0.6 is 0 Å². The molecule has 0 bridgehead atoms. The number of ketones is 1. The largest absolute Gasteiger partial charge is 0.346 e. The number of piperidine rings is 1. The molecule has 3 aliphatic rings. The molecule has 2 saturated carbocycles. The smallest absolute Gasteiger partial charge is 0.315 e. The van der Waals surface area contributed by atoms with Crippen LogP contribution < -0.4 is 21.3 Å². The van der Waals surface area contributed by atoms with E-state index in [1.165, 1.54) is 6.08 Å². The number of hydrogen-bond donors (Lipinski definition) is 4. The lowest BCUT2D eigenvalue weighted by molar-refractivity contribution is -0.144. The molecule has 0 radical (unpaired) electrons. The Morgan fingerprint density at radius 1 is 1.05 bits per heavy atom. The van der Waals surface area contributed by atoms with Gasteiger partial charge in [0.15, 0.2) is 0 Å². The fourth-order valence-electron chi connectivity index (χ4n) is 6.58. The lowest BCUT2D eigenvalue weighted by atomic mass is 9.83. The van der Waals surface area contributed by atoms with Crippen molar-refractivity contribution >= 4 is 29.5 Å². The third kappa shape index (κ3) is 7.23. The minimum atomic E-state index is -0.981. The molecule has 5 amide bonds. The van der Waals surface area contributed by atoms with Crippen molar-refractivity contribution in [3.05, 3.63) is 12.7 Å². The number of carbonyl (C=O) groups excluding carboxylic acids is 5. The zero-order chi connectivity index (χ0) is 29.8. The van der Waals surface area contributed by atoms with Crippen molar-refractivity contribution in [1.82, 2.24) is 26.2 Å². The Morgan fingerprint density at radius 2 is 1.70 bits per heavy atom. The van der Waals surface area contributed by atoms with E-state index in [1.54, 1.807) is 4.90 Å². The van der Waals surface area contributed by atoms with Crippen molar-refractivity contribution in [3.8, 4) is 0 Å². The highest BCUT2D eigenvalue weighted by Crippen LogP contribution is 2.65. The van der Waals surface area contributed by atoms with E-state index in [2.05, 4.69) is 41.7 Å². The van der Waals surface area contributed by atoms with Gasteiger partial charge < -0.3 is 26.2 Å². The molecule has 0 unspecified atom stereocenters. The Balaban J connectivity index is 1.83. The average molecular weight is 560 g/mol. The van der Waals surface area contributed by atoms with Crippen LogP contribution in [0.25, 0.3) is 0 Å². The second kappa shape index (κ2) is 12.7. The van der Waals surface area contributed by atoms with E-state index in [4.69, 9.17) is 0 Å². The summed E-state index contributed by atoms with van der Waals surface area (Å²) in [6.45, 7) is 15.8. The Bertz CT molecular complexity index is 997. The summed E-state index contributed by atoms with van der Waals surface area (Å²) in [5.74, 6) is -2.06. The number of nitrogens with one attached hydrogen (secondary N) is 4. The van der Waals surface area contributed by atoms with Crippen molar-refractivity contribution in [2.75, 3.05) is 13.1 Å². The van der Waals surface area contributed by atoms with Gasteiger partial charge in [0.2, 0.25) is 17.6 Å². The molecule has 1 saturated heterocycles. The fraction of sp³-hybridized carbons (Fsp3) is 0.767. The fourth-order valence-corrected chi connectivity index (χ4v) is 6.58.